The minimum Gasteiger partial charge on any atom is -0.484 e. The molecule has 0 aliphatic carbocycles. The van der Waals surface area contributed by atoms with Crippen LogP contribution >= 0.6 is 11.8 Å². The summed E-state index contributed by atoms with van der Waals surface area (Å²) in [6.07, 6.45) is 0. The Morgan fingerprint density at radius 3 is 2.62 bits per heavy atom. The summed E-state index contributed by atoms with van der Waals surface area (Å²) in [7, 11) is 0. The lowest BCUT2D eigenvalue weighted by atomic mass is 10.1. The molecule has 128 valence electrons. The van der Waals surface area contributed by atoms with Crippen LogP contribution in [0.25, 0.3) is 0 Å². The Labute approximate surface area is 148 Å². The zero-order valence-corrected chi connectivity index (χ0v) is 15.4. The Hall–Kier alpha value is -1.94. The van der Waals surface area contributed by atoms with Crippen LogP contribution in [-0.2, 0) is 10.5 Å². The second kappa shape index (κ2) is 9.38. The molecule has 0 bridgehead atoms. The molecule has 3 nitrogen and oxygen atoms in total. The highest BCUT2D eigenvalue weighted by molar-refractivity contribution is 7.98. The number of ether oxygens (including phenoxy) is 1. The van der Waals surface area contributed by atoms with Gasteiger partial charge < -0.3 is 10.1 Å². The maximum absolute atomic E-state index is 11.8. The molecule has 0 spiro atoms. The van der Waals surface area contributed by atoms with E-state index >= 15 is 0 Å². The van der Waals surface area contributed by atoms with Crippen molar-refractivity contribution in [2.45, 2.75) is 26.5 Å². The molecule has 2 aromatic carbocycles. The van der Waals surface area contributed by atoms with Gasteiger partial charge in [0.25, 0.3) is 5.91 Å². The number of nitrogens with one attached hydrogen (secondary N) is 1. The van der Waals surface area contributed by atoms with Gasteiger partial charge in [-0.15, -0.1) is 0 Å². The fourth-order valence-corrected chi connectivity index (χ4v) is 3.31. The van der Waals surface area contributed by atoms with Crippen molar-refractivity contribution in [1.82, 2.24) is 5.32 Å². The van der Waals surface area contributed by atoms with Gasteiger partial charge in [0, 0.05) is 18.1 Å². The van der Waals surface area contributed by atoms with Crippen LogP contribution in [0.2, 0.25) is 0 Å². The smallest absolute Gasteiger partial charge is 0.257 e. The van der Waals surface area contributed by atoms with Crippen molar-refractivity contribution in [1.29, 1.82) is 0 Å². The molecule has 0 saturated carbocycles. The molecule has 2 rings (SSSR count). The summed E-state index contributed by atoms with van der Waals surface area (Å²) in [5.41, 5.74) is 4.91. The molecule has 0 heterocycles. The first-order chi connectivity index (χ1) is 11.6. The standard InChI is InChI=1S/C20H25NO2S/c1-15-8-9-19(17(3)12-15)23-13-20(22)21-10-11-24-14-18-7-5-4-6-16(18)2/h4-9,12H,10-11,13-14H2,1-3H3,(H,21,22). The van der Waals surface area contributed by atoms with Crippen LogP contribution in [0.15, 0.2) is 42.5 Å². The van der Waals surface area contributed by atoms with Crippen LogP contribution in [0, 0.1) is 20.8 Å². The van der Waals surface area contributed by atoms with Crippen molar-refractivity contribution >= 4 is 17.7 Å². The maximum Gasteiger partial charge on any atom is 0.257 e. The molecule has 0 saturated heterocycles. The van der Waals surface area contributed by atoms with Crippen LogP contribution < -0.4 is 10.1 Å². The van der Waals surface area contributed by atoms with E-state index in [-0.39, 0.29) is 12.5 Å². The Morgan fingerprint density at radius 1 is 1.08 bits per heavy atom. The number of carbonyl (C=O) groups excluding carboxylic acids is 1. The summed E-state index contributed by atoms with van der Waals surface area (Å²) >= 11 is 1.83. The first kappa shape index (κ1) is 18.4. The molecule has 0 aliphatic heterocycles. The van der Waals surface area contributed by atoms with E-state index < -0.39 is 0 Å². The van der Waals surface area contributed by atoms with E-state index in [2.05, 4.69) is 42.6 Å². The molecule has 0 aromatic heterocycles. The lowest BCUT2D eigenvalue weighted by molar-refractivity contribution is -0.122. The number of thioether (sulfide) groups is 1. The second-order valence-corrected chi connectivity index (χ2v) is 6.99. The quantitative estimate of drug-likeness (QED) is 0.735. The number of amides is 1. The van der Waals surface area contributed by atoms with Crippen LogP contribution in [0.5, 0.6) is 5.75 Å². The summed E-state index contributed by atoms with van der Waals surface area (Å²) < 4.78 is 5.58. The fourth-order valence-electron chi connectivity index (χ4n) is 2.37. The second-order valence-electron chi connectivity index (χ2n) is 5.89. The van der Waals surface area contributed by atoms with Gasteiger partial charge in [0.1, 0.15) is 5.75 Å². The lowest BCUT2D eigenvalue weighted by Crippen LogP contribution is -2.30. The highest BCUT2D eigenvalue weighted by Gasteiger charge is 2.05. The summed E-state index contributed by atoms with van der Waals surface area (Å²) in [5.74, 6) is 2.56. The number of hydrogen-bond donors (Lipinski definition) is 1. The molecule has 1 amide bonds. The first-order valence-corrected chi connectivity index (χ1v) is 9.31. The largest absolute Gasteiger partial charge is 0.484 e. The summed E-state index contributed by atoms with van der Waals surface area (Å²) in [4.78, 5) is 11.8. The molecular formula is C20H25NO2S. The van der Waals surface area contributed by atoms with Crippen LogP contribution in [0.4, 0.5) is 0 Å². The van der Waals surface area contributed by atoms with Crippen LogP contribution in [0.3, 0.4) is 0 Å². The number of carbonyl (C=O) groups is 1. The topological polar surface area (TPSA) is 38.3 Å². The zero-order valence-electron chi connectivity index (χ0n) is 14.6. The molecule has 2 aromatic rings. The molecule has 4 heteroatoms. The highest BCUT2D eigenvalue weighted by atomic mass is 32.2. The number of hydrogen-bond acceptors (Lipinski definition) is 3. The molecule has 0 fully saturated rings. The van der Waals surface area contributed by atoms with Gasteiger partial charge in [-0.1, -0.05) is 42.0 Å². The molecule has 1 N–H and O–H groups in total. The third-order valence-corrected chi connectivity index (χ3v) is 4.78. The van der Waals surface area contributed by atoms with Crippen molar-refractivity contribution in [3.05, 3.63) is 64.7 Å². The average molecular weight is 343 g/mol. The van der Waals surface area contributed by atoms with Crippen molar-refractivity contribution in [3.63, 3.8) is 0 Å². The van der Waals surface area contributed by atoms with Gasteiger partial charge in [-0.2, -0.15) is 11.8 Å². The van der Waals surface area contributed by atoms with Crippen molar-refractivity contribution in [2.24, 2.45) is 0 Å². The molecule has 0 unspecified atom stereocenters. The van der Waals surface area contributed by atoms with Crippen molar-refractivity contribution in [2.75, 3.05) is 18.9 Å². The van der Waals surface area contributed by atoms with Gasteiger partial charge in [-0.05, 0) is 43.5 Å². The van der Waals surface area contributed by atoms with Crippen molar-refractivity contribution in [3.8, 4) is 5.75 Å². The van der Waals surface area contributed by atoms with Crippen molar-refractivity contribution < 1.29 is 9.53 Å². The lowest BCUT2D eigenvalue weighted by Gasteiger charge is -2.10. The monoisotopic (exact) mass is 343 g/mol. The third-order valence-electron chi connectivity index (χ3n) is 3.78. The van der Waals surface area contributed by atoms with E-state index in [0.717, 1.165) is 22.8 Å². The SMILES string of the molecule is Cc1ccc(OCC(=O)NCCSCc2ccccc2C)c(C)c1. The Balaban J connectivity index is 1.62. The Morgan fingerprint density at radius 2 is 1.88 bits per heavy atom. The van der Waals surface area contributed by atoms with E-state index in [1.165, 1.54) is 16.7 Å². The molecule has 0 aliphatic rings. The Kier molecular flexibility index (Phi) is 7.19. The zero-order chi connectivity index (χ0) is 17.4. The minimum absolute atomic E-state index is 0.0619. The van der Waals surface area contributed by atoms with Gasteiger partial charge in [-0.25, -0.2) is 0 Å². The fraction of sp³-hybridized carbons (Fsp3) is 0.350. The summed E-state index contributed by atoms with van der Waals surface area (Å²) in [6.45, 7) is 6.88. The van der Waals surface area contributed by atoms with E-state index in [4.69, 9.17) is 4.74 Å². The molecule has 24 heavy (non-hydrogen) atoms. The van der Waals surface area contributed by atoms with E-state index in [1.807, 2.05) is 37.7 Å². The van der Waals surface area contributed by atoms with E-state index in [1.54, 1.807) is 0 Å². The first-order valence-electron chi connectivity index (χ1n) is 8.15. The maximum atomic E-state index is 11.8. The van der Waals surface area contributed by atoms with Gasteiger partial charge in [0.2, 0.25) is 0 Å². The predicted octanol–water partition coefficient (Wildman–Crippen LogP) is 4.04. The van der Waals surface area contributed by atoms with E-state index in [9.17, 15) is 4.79 Å². The van der Waals surface area contributed by atoms with Gasteiger partial charge in [0.15, 0.2) is 6.61 Å². The third kappa shape index (κ3) is 5.93. The normalized spacial score (nSPS) is 10.5. The molecular weight excluding hydrogens is 318 g/mol. The summed E-state index contributed by atoms with van der Waals surface area (Å²) in [5, 5.41) is 2.90. The average Bonchev–Trinajstić information content (AvgIpc) is 2.55. The highest BCUT2D eigenvalue weighted by Crippen LogP contribution is 2.18. The van der Waals surface area contributed by atoms with Crippen LogP contribution in [-0.4, -0.2) is 24.8 Å². The van der Waals surface area contributed by atoms with Gasteiger partial charge >= 0.3 is 0 Å². The van der Waals surface area contributed by atoms with E-state index in [0.29, 0.717) is 6.54 Å². The van der Waals surface area contributed by atoms with Gasteiger partial charge in [-0.3, -0.25) is 4.79 Å². The number of benzene rings is 2. The number of rotatable bonds is 8. The Bertz CT molecular complexity index is 685. The predicted molar refractivity (Wildman–Crippen MR) is 102 cm³/mol. The van der Waals surface area contributed by atoms with Crippen LogP contribution in [0.1, 0.15) is 22.3 Å². The summed E-state index contributed by atoms with van der Waals surface area (Å²) in [6, 6.07) is 14.4. The molecule has 0 radical (unpaired) electrons. The molecule has 0 atom stereocenters. The van der Waals surface area contributed by atoms with Gasteiger partial charge in [0.05, 0.1) is 0 Å². The number of aryl methyl sites for hydroxylation is 3. The minimum atomic E-state index is -0.0773.